The molecule has 5 rings (SSSR count). The first kappa shape index (κ1) is 16.5. The van der Waals surface area contributed by atoms with E-state index in [4.69, 9.17) is 14.4 Å². The Hall–Kier alpha value is -3.66. The van der Waals surface area contributed by atoms with Crippen LogP contribution in [0.4, 0.5) is 4.39 Å². The highest BCUT2D eigenvalue weighted by atomic mass is 19.1. The molecule has 7 heteroatoms. The number of fused-ring (bicyclic) bond motifs is 2. The fraction of sp³-hybridized carbons (Fsp3) is 0.190. The molecule has 0 bridgehead atoms. The van der Waals surface area contributed by atoms with E-state index in [2.05, 4.69) is 15.2 Å². The monoisotopic (exact) mass is 374 g/mol. The lowest BCUT2D eigenvalue weighted by Crippen LogP contribution is -2.04. The van der Waals surface area contributed by atoms with E-state index in [0.29, 0.717) is 41.5 Å². The van der Waals surface area contributed by atoms with Crippen LogP contribution in [-0.4, -0.2) is 15.2 Å². The van der Waals surface area contributed by atoms with Crippen LogP contribution in [0.5, 0.6) is 5.75 Å². The van der Waals surface area contributed by atoms with Crippen molar-refractivity contribution in [1.29, 1.82) is 5.26 Å². The van der Waals surface area contributed by atoms with Crippen LogP contribution in [-0.2, 0) is 6.42 Å². The maximum absolute atomic E-state index is 14.4. The SMILES string of the molecule is Cc1ncc(-c2n[nH]c3ccc(O[C@H]4CCc5c4ccc(C#N)c5F)cc23)o1. The van der Waals surface area contributed by atoms with Gasteiger partial charge in [-0.2, -0.15) is 10.4 Å². The molecule has 0 aliphatic heterocycles. The minimum atomic E-state index is -0.431. The van der Waals surface area contributed by atoms with Gasteiger partial charge in [-0.05, 0) is 48.2 Å². The topological polar surface area (TPSA) is 87.7 Å². The quantitative estimate of drug-likeness (QED) is 0.566. The number of hydrogen-bond acceptors (Lipinski definition) is 5. The number of benzene rings is 2. The normalized spacial score (nSPS) is 15.5. The van der Waals surface area contributed by atoms with Crippen LogP contribution in [0.15, 0.2) is 40.9 Å². The van der Waals surface area contributed by atoms with Crippen molar-refractivity contribution in [3.05, 3.63) is 64.9 Å². The number of aromatic amines is 1. The second-order valence-corrected chi connectivity index (χ2v) is 6.77. The number of aromatic nitrogens is 3. The van der Waals surface area contributed by atoms with E-state index in [1.165, 1.54) is 6.07 Å². The van der Waals surface area contributed by atoms with Crippen LogP contribution in [0.1, 0.15) is 35.1 Å². The average Bonchev–Trinajstić information content (AvgIpc) is 3.41. The molecular formula is C21H15FN4O2. The first-order valence-electron chi connectivity index (χ1n) is 8.93. The molecule has 0 fully saturated rings. The molecule has 0 spiro atoms. The van der Waals surface area contributed by atoms with E-state index in [0.717, 1.165) is 16.5 Å². The van der Waals surface area contributed by atoms with E-state index < -0.39 is 5.82 Å². The molecule has 0 unspecified atom stereocenters. The Labute approximate surface area is 159 Å². The standard InChI is InChI=1S/C21H15FN4O2/c1-11-24-10-19(27-11)21-16-8-13(3-6-17(16)25-26-21)28-18-7-5-15-14(18)4-2-12(9-23)20(15)22/h2-4,6,8,10,18H,5,7H2,1H3,(H,25,26)/t18-/m0/s1. The first-order valence-corrected chi connectivity index (χ1v) is 8.93. The zero-order valence-corrected chi connectivity index (χ0v) is 15.0. The van der Waals surface area contributed by atoms with Gasteiger partial charge in [0.05, 0.1) is 17.3 Å². The molecule has 1 N–H and O–H groups in total. The highest BCUT2D eigenvalue weighted by molar-refractivity contribution is 5.92. The van der Waals surface area contributed by atoms with Gasteiger partial charge < -0.3 is 9.15 Å². The maximum atomic E-state index is 14.4. The van der Waals surface area contributed by atoms with Gasteiger partial charge in [0.2, 0.25) is 0 Å². The molecule has 138 valence electrons. The minimum Gasteiger partial charge on any atom is -0.486 e. The maximum Gasteiger partial charge on any atom is 0.191 e. The fourth-order valence-corrected chi connectivity index (χ4v) is 3.72. The van der Waals surface area contributed by atoms with Crippen LogP contribution in [0.25, 0.3) is 22.4 Å². The van der Waals surface area contributed by atoms with Gasteiger partial charge in [0.25, 0.3) is 0 Å². The minimum absolute atomic E-state index is 0.0752. The molecule has 0 saturated heterocycles. The molecule has 2 aromatic carbocycles. The van der Waals surface area contributed by atoms with Crippen molar-refractivity contribution in [2.24, 2.45) is 0 Å². The lowest BCUT2D eigenvalue weighted by Gasteiger charge is -2.15. The molecule has 2 heterocycles. The Morgan fingerprint density at radius 3 is 3.00 bits per heavy atom. The third-order valence-corrected chi connectivity index (χ3v) is 5.07. The second-order valence-electron chi connectivity index (χ2n) is 6.77. The zero-order chi connectivity index (χ0) is 19.3. The van der Waals surface area contributed by atoms with Gasteiger partial charge in [0, 0.05) is 12.3 Å². The average molecular weight is 374 g/mol. The van der Waals surface area contributed by atoms with Crippen LogP contribution >= 0.6 is 0 Å². The van der Waals surface area contributed by atoms with Crippen molar-refractivity contribution < 1.29 is 13.5 Å². The number of H-pyrrole nitrogens is 1. The molecule has 0 radical (unpaired) electrons. The number of hydrogen-bond donors (Lipinski definition) is 1. The Kier molecular flexibility index (Phi) is 3.66. The van der Waals surface area contributed by atoms with Crippen molar-refractivity contribution >= 4 is 10.9 Å². The number of ether oxygens (including phenoxy) is 1. The number of nitrogens with one attached hydrogen (secondary N) is 1. The van der Waals surface area contributed by atoms with Crippen LogP contribution in [0, 0.1) is 24.1 Å². The second kappa shape index (κ2) is 6.20. The predicted octanol–water partition coefficient (Wildman–Crippen LogP) is 4.60. The summed E-state index contributed by atoms with van der Waals surface area (Å²) in [7, 11) is 0. The highest BCUT2D eigenvalue weighted by Crippen LogP contribution is 2.38. The largest absolute Gasteiger partial charge is 0.486 e. The van der Waals surface area contributed by atoms with Gasteiger partial charge in [0.15, 0.2) is 11.7 Å². The van der Waals surface area contributed by atoms with Crippen LogP contribution in [0.3, 0.4) is 0 Å². The summed E-state index contributed by atoms with van der Waals surface area (Å²) in [4.78, 5) is 4.12. The van der Waals surface area contributed by atoms with Crippen molar-refractivity contribution in [3.63, 3.8) is 0 Å². The van der Waals surface area contributed by atoms with Gasteiger partial charge >= 0.3 is 0 Å². The number of nitriles is 1. The molecule has 1 atom stereocenters. The van der Waals surface area contributed by atoms with E-state index >= 15 is 0 Å². The molecule has 0 saturated carbocycles. The number of oxazole rings is 1. The molecule has 1 aliphatic rings. The smallest absolute Gasteiger partial charge is 0.191 e. The first-order chi connectivity index (χ1) is 13.6. The summed E-state index contributed by atoms with van der Waals surface area (Å²) >= 11 is 0. The van der Waals surface area contributed by atoms with Crippen molar-refractivity contribution in [1.82, 2.24) is 15.2 Å². The van der Waals surface area contributed by atoms with Crippen molar-refractivity contribution in [3.8, 4) is 23.3 Å². The van der Waals surface area contributed by atoms with Gasteiger partial charge in [-0.3, -0.25) is 5.10 Å². The van der Waals surface area contributed by atoms with Gasteiger partial charge in [-0.1, -0.05) is 6.07 Å². The number of nitrogens with zero attached hydrogens (tertiary/aromatic N) is 3. The summed E-state index contributed by atoms with van der Waals surface area (Å²) in [5.41, 5.74) is 2.97. The number of aryl methyl sites for hydroxylation is 1. The third-order valence-electron chi connectivity index (χ3n) is 5.07. The summed E-state index contributed by atoms with van der Waals surface area (Å²) in [5, 5.41) is 17.2. The molecule has 2 aromatic heterocycles. The van der Waals surface area contributed by atoms with E-state index in [1.54, 1.807) is 19.2 Å². The Balaban J connectivity index is 1.49. The Bertz CT molecular complexity index is 1250. The summed E-state index contributed by atoms with van der Waals surface area (Å²) in [6, 6.07) is 10.8. The number of rotatable bonds is 3. The van der Waals surface area contributed by atoms with Crippen molar-refractivity contribution in [2.75, 3.05) is 0 Å². The molecular weight excluding hydrogens is 359 g/mol. The Morgan fingerprint density at radius 2 is 2.21 bits per heavy atom. The highest BCUT2D eigenvalue weighted by Gasteiger charge is 2.28. The summed E-state index contributed by atoms with van der Waals surface area (Å²) in [6.45, 7) is 1.78. The zero-order valence-electron chi connectivity index (χ0n) is 15.0. The molecule has 6 nitrogen and oxygen atoms in total. The molecule has 1 aliphatic carbocycles. The van der Waals surface area contributed by atoms with E-state index in [1.807, 2.05) is 24.3 Å². The lowest BCUT2D eigenvalue weighted by molar-refractivity contribution is 0.208. The van der Waals surface area contributed by atoms with E-state index in [-0.39, 0.29) is 11.7 Å². The van der Waals surface area contributed by atoms with Gasteiger partial charge in [-0.15, -0.1) is 0 Å². The fourth-order valence-electron chi connectivity index (χ4n) is 3.72. The summed E-state index contributed by atoms with van der Waals surface area (Å²) in [6.07, 6.45) is 2.61. The molecule has 28 heavy (non-hydrogen) atoms. The summed E-state index contributed by atoms with van der Waals surface area (Å²) < 4.78 is 26.1. The van der Waals surface area contributed by atoms with Gasteiger partial charge in [0.1, 0.15) is 29.4 Å². The van der Waals surface area contributed by atoms with E-state index in [9.17, 15) is 4.39 Å². The van der Waals surface area contributed by atoms with Crippen molar-refractivity contribution in [2.45, 2.75) is 25.9 Å². The predicted molar refractivity (Wildman–Crippen MR) is 99.1 cm³/mol. The third kappa shape index (κ3) is 2.54. The van der Waals surface area contributed by atoms with Crippen LogP contribution in [0.2, 0.25) is 0 Å². The molecule has 4 aromatic rings. The number of halogens is 1. The summed E-state index contributed by atoms with van der Waals surface area (Å²) in [5.74, 6) is 1.38. The Morgan fingerprint density at radius 1 is 1.32 bits per heavy atom. The molecule has 0 amide bonds. The lowest BCUT2D eigenvalue weighted by atomic mass is 10.1. The van der Waals surface area contributed by atoms with Gasteiger partial charge in [-0.25, -0.2) is 9.37 Å². The van der Waals surface area contributed by atoms with Crippen LogP contribution < -0.4 is 4.74 Å².